The highest BCUT2D eigenvalue weighted by Crippen LogP contribution is 2.75. The molecule has 0 heterocycles. The Hall–Kier alpha value is -0.340. The van der Waals surface area contributed by atoms with Crippen LogP contribution < -0.4 is 0 Å². The van der Waals surface area contributed by atoms with Crippen LogP contribution in [0.25, 0.3) is 0 Å². The molecule has 0 amide bonds. The van der Waals surface area contributed by atoms with Gasteiger partial charge in [-0.1, -0.05) is 67.0 Å². The van der Waals surface area contributed by atoms with Crippen LogP contribution in [0, 0.1) is 50.2 Å². The summed E-state index contributed by atoms with van der Waals surface area (Å²) in [5.41, 5.74) is 2.76. The van der Waals surface area contributed by atoms with E-state index in [4.69, 9.17) is 0 Å². The van der Waals surface area contributed by atoms with E-state index in [1.807, 2.05) is 0 Å². The van der Waals surface area contributed by atoms with Crippen molar-refractivity contribution in [2.24, 2.45) is 50.2 Å². The Labute approximate surface area is 197 Å². The summed E-state index contributed by atoms with van der Waals surface area (Å²) in [6, 6.07) is 0. The Morgan fingerprint density at radius 2 is 1.44 bits per heavy atom. The lowest BCUT2D eigenvalue weighted by Crippen LogP contribution is -2.67. The molecule has 182 valence electrons. The Morgan fingerprint density at radius 3 is 2.12 bits per heavy atom. The molecule has 9 atom stereocenters. The largest absolute Gasteiger partial charge is 0.393 e. The van der Waals surface area contributed by atoms with Gasteiger partial charge in [0.2, 0.25) is 0 Å². The van der Waals surface area contributed by atoms with Crippen LogP contribution in [-0.4, -0.2) is 22.4 Å². The Kier molecular flexibility index (Phi) is 4.87. The molecule has 0 aromatic carbocycles. The van der Waals surface area contributed by atoms with Crippen molar-refractivity contribution in [2.75, 3.05) is 0 Å². The van der Waals surface area contributed by atoms with Gasteiger partial charge in [0.05, 0.1) is 12.2 Å². The predicted octanol–water partition coefficient (Wildman–Crippen LogP) is 7.14. The van der Waals surface area contributed by atoms with E-state index in [0.717, 1.165) is 12.8 Å². The van der Waals surface area contributed by atoms with Crippen molar-refractivity contribution >= 4 is 0 Å². The van der Waals surface area contributed by atoms with Crippen molar-refractivity contribution in [2.45, 2.75) is 125 Å². The van der Waals surface area contributed by atoms with Gasteiger partial charge in [-0.05, 0) is 102 Å². The van der Waals surface area contributed by atoms with Crippen LogP contribution in [0.2, 0.25) is 0 Å². The van der Waals surface area contributed by atoms with Crippen molar-refractivity contribution < 1.29 is 10.2 Å². The molecule has 2 heteroatoms. The van der Waals surface area contributed by atoms with Crippen LogP contribution in [0.15, 0.2) is 11.6 Å². The highest BCUT2D eigenvalue weighted by molar-refractivity contribution is 5.35. The molecule has 2 nitrogen and oxygen atoms in total. The average Bonchev–Trinajstić information content (AvgIpc) is 2.68. The molecule has 32 heavy (non-hydrogen) atoms. The minimum atomic E-state index is -0.352. The zero-order chi connectivity index (χ0) is 23.5. The van der Waals surface area contributed by atoms with Gasteiger partial charge in [-0.2, -0.15) is 0 Å². The zero-order valence-electron chi connectivity index (χ0n) is 22.2. The standard InChI is InChI=1S/C30H50O2/c1-25(2)13-14-27(5)15-16-29(7)19(20(27)18-25)17-21(31)24-28(6)11-10-23(32)26(3,4)22(28)9-12-30(24,29)8/h17,20-24,31-32H,9-16,18H2,1-8H3/t20-,21+,22+,23+,24+,27-,28+,29+,30+/m0/s1. The number of hydrogen-bond donors (Lipinski definition) is 2. The van der Waals surface area contributed by atoms with Crippen LogP contribution in [0.5, 0.6) is 0 Å². The summed E-state index contributed by atoms with van der Waals surface area (Å²) < 4.78 is 0. The highest BCUT2D eigenvalue weighted by atomic mass is 16.3. The molecule has 0 bridgehead atoms. The lowest BCUT2D eigenvalue weighted by atomic mass is 9.33. The molecule has 0 saturated heterocycles. The molecule has 5 aliphatic carbocycles. The first-order chi connectivity index (χ1) is 14.6. The maximum absolute atomic E-state index is 11.9. The smallest absolute Gasteiger partial charge is 0.0762 e. The van der Waals surface area contributed by atoms with Crippen LogP contribution in [0.1, 0.15) is 113 Å². The van der Waals surface area contributed by atoms with Gasteiger partial charge < -0.3 is 10.2 Å². The molecule has 4 saturated carbocycles. The maximum atomic E-state index is 11.9. The average molecular weight is 443 g/mol. The molecular formula is C30H50O2. The Bertz CT molecular complexity index is 825. The van der Waals surface area contributed by atoms with Gasteiger partial charge in [-0.25, -0.2) is 0 Å². The number of aliphatic hydroxyl groups is 2. The number of rotatable bonds is 0. The molecule has 0 aromatic rings. The third-order valence-corrected chi connectivity index (χ3v) is 13.0. The van der Waals surface area contributed by atoms with E-state index >= 15 is 0 Å². The number of hydrogen-bond acceptors (Lipinski definition) is 2. The Morgan fingerprint density at radius 1 is 0.781 bits per heavy atom. The zero-order valence-corrected chi connectivity index (χ0v) is 22.2. The molecule has 0 aliphatic heterocycles. The topological polar surface area (TPSA) is 40.5 Å². The first-order valence-electron chi connectivity index (χ1n) is 13.7. The van der Waals surface area contributed by atoms with Crippen LogP contribution in [-0.2, 0) is 0 Å². The third kappa shape index (κ3) is 2.78. The SMILES string of the molecule is CC1(C)CC[C@@]2(C)CC[C@]3(C)C(=C[C@@H](O)[C@@H]4[C@]5(C)CC[C@@H](O)C(C)(C)[C@H]5CC[C@]43C)[C@@H]2C1. The van der Waals surface area contributed by atoms with Gasteiger partial charge in [0.15, 0.2) is 0 Å². The van der Waals surface area contributed by atoms with E-state index in [1.165, 1.54) is 44.9 Å². The predicted molar refractivity (Wildman–Crippen MR) is 132 cm³/mol. The molecule has 0 spiro atoms. The van der Waals surface area contributed by atoms with E-state index in [2.05, 4.69) is 61.5 Å². The quantitative estimate of drug-likeness (QED) is 0.391. The van der Waals surface area contributed by atoms with Crippen molar-refractivity contribution in [1.29, 1.82) is 0 Å². The second-order valence-electron chi connectivity index (χ2n) is 15.4. The summed E-state index contributed by atoms with van der Waals surface area (Å²) in [6.45, 7) is 19.7. The van der Waals surface area contributed by atoms with E-state index in [1.54, 1.807) is 5.57 Å². The molecule has 0 aromatic heterocycles. The fourth-order valence-corrected chi connectivity index (χ4v) is 10.6. The first kappa shape index (κ1) is 23.4. The number of fused-ring (bicyclic) bond motifs is 7. The molecular weight excluding hydrogens is 392 g/mol. The fraction of sp³-hybridized carbons (Fsp3) is 0.933. The second-order valence-corrected chi connectivity index (χ2v) is 15.4. The minimum absolute atomic E-state index is 0.0719. The van der Waals surface area contributed by atoms with Gasteiger partial charge in [0, 0.05) is 5.92 Å². The molecule has 0 unspecified atom stereocenters. The van der Waals surface area contributed by atoms with E-state index in [9.17, 15) is 10.2 Å². The third-order valence-electron chi connectivity index (χ3n) is 13.0. The van der Waals surface area contributed by atoms with Gasteiger partial charge in [-0.15, -0.1) is 0 Å². The summed E-state index contributed by atoms with van der Waals surface area (Å²) in [4.78, 5) is 0. The summed E-state index contributed by atoms with van der Waals surface area (Å²) in [5, 5.41) is 22.8. The molecule has 4 fully saturated rings. The molecule has 5 rings (SSSR count). The van der Waals surface area contributed by atoms with Crippen LogP contribution in [0.3, 0.4) is 0 Å². The number of allylic oxidation sites excluding steroid dienone is 1. The number of aliphatic hydroxyl groups excluding tert-OH is 2. The fourth-order valence-electron chi connectivity index (χ4n) is 10.6. The summed E-state index contributed by atoms with van der Waals surface area (Å²) >= 11 is 0. The van der Waals surface area contributed by atoms with Crippen molar-refractivity contribution in [3.8, 4) is 0 Å². The van der Waals surface area contributed by atoms with Crippen molar-refractivity contribution in [1.82, 2.24) is 0 Å². The first-order valence-corrected chi connectivity index (χ1v) is 13.7. The van der Waals surface area contributed by atoms with Crippen LogP contribution in [0.4, 0.5) is 0 Å². The normalized spacial score (nSPS) is 56.2. The minimum Gasteiger partial charge on any atom is -0.393 e. The van der Waals surface area contributed by atoms with E-state index < -0.39 is 0 Å². The molecule has 5 aliphatic rings. The monoisotopic (exact) mass is 442 g/mol. The highest BCUT2D eigenvalue weighted by Gasteiger charge is 2.69. The van der Waals surface area contributed by atoms with Gasteiger partial charge >= 0.3 is 0 Å². The van der Waals surface area contributed by atoms with Crippen LogP contribution >= 0.6 is 0 Å². The van der Waals surface area contributed by atoms with Gasteiger partial charge in [0.25, 0.3) is 0 Å². The maximum Gasteiger partial charge on any atom is 0.0762 e. The van der Waals surface area contributed by atoms with Gasteiger partial charge in [0.1, 0.15) is 0 Å². The lowest BCUT2D eigenvalue weighted by Gasteiger charge is -2.72. The second kappa shape index (κ2) is 6.66. The summed E-state index contributed by atoms with van der Waals surface area (Å²) in [6.07, 6.45) is 12.7. The van der Waals surface area contributed by atoms with Gasteiger partial charge in [-0.3, -0.25) is 0 Å². The van der Waals surface area contributed by atoms with Crippen molar-refractivity contribution in [3.63, 3.8) is 0 Å². The van der Waals surface area contributed by atoms with E-state index in [-0.39, 0.29) is 39.8 Å². The van der Waals surface area contributed by atoms with E-state index in [0.29, 0.717) is 22.7 Å². The molecule has 2 N–H and O–H groups in total. The van der Waals surface area contributed by atoms with Crippen molar-refractivity contribution in [3.05, 3.63) is 11.6 Å². The summed E-state index contributed by atoms with van der Waals surface area (Å²) in [5.74, 6) is 1.38. The molecule has 0 radical (unpaired) electrons. The lowest BCUT2D eigenvalue weighted by molar-refractivity contribution is -0.224. The summed E-state index contributed by atoms with van der Waals surface area (Å²) in [7, 11) is 0. The Balaban J connectivity index is 1.62.